The van der Waals surface area contributed by atoms with E-state index < -0.39 is 0 Å². The van der Waals surface area contributed by atoms with Crippen LogP contribution >= 0.6 is 15.9 Å². The van der Waals surface area contributed by atoms with E-state index in [-0.39, 0.29) is 6.10 Å². The molecule has 0 saturated carbocycles. The molecule has 0 amide bonds. The molecule has 0 bridgehead atoms. The van der Waals surface area contributed by atoms with Gasteiger partial charge in [0.2, 0.25) is 0 Å². The summed E-state index contributed by atoms with van der Waals surface area (Å²) < 4.78 is 11.4. The molecule has 1 unspecified atom stereocenters. The SMILES string of the molecule is COCC(OC)c1cccc(Br)c1. The lowest BCUT2D eigenvalue weighted by Crippen LogP contribution is -2.08. The van der Waals surface area contributed by atoms with Crippen LogP contribution < -0.4 is 0 Å². The summed E-state index contributed by atoms with van der Waals surface area (Å²) in [7, 11) is 3.36. The molecule has 0 aliphatic carbocycles. The monoisotopic (exact) mass is 244 g/mol. The molecule has 0 heterocycles. The highest BCUT2D eigenvalue weighted by Crippen LogP contribution is 2.20. The number of hydrogen-bond donors (Lipinski definition) is 0. The Morgan fingerprint density at radius 3 is 2.69 bits per heavy atom. The molecule has 3 heteroatoms. The van der Waals surface area contributed by atoms with Gasteiger partial charge in [0, 0.05) is 18.7 Å². The van der Waals surface area contributed by atoms with Gasteiger partial charge in [-0.15, -0.1) is 0 Å². The first-order valence-electron chi connectivity index (χ1n) is 4.05. The number of rotatable bonds is 4. The summed E-state index contributed by atoms with van der Waals surface area (Å²) in [6.07, 6.45) is 0.0162. The van der Waals surface area contributed by atoms with Crippen LogP contribution in [0.2, 0.25) is 0 Å². The van der Waals surface area contributed by atoms with Gasteiger partial charge >= 0.3 is 0 Å². The minimum atomic E-state index is 0.0162. The van der Waals surface area contributed by atoms with Gasteiger partial charge in [-0.1, -0.05) is 28.1 Å². The maximum atomic E-state index is 5.29. The lowest BCUT2D eigenvalue weighted by atomic mass is 10.1. The second-order valence-corrected chi connectivity index (χ2v) is 3.65. The fraction of sp³-hybridized carbons (Fsp3) is 0.400. The van der Waals surface area contributed by atoms with Gasteiger partial charge in [-0.3, -0.25) is 0 Å². The maximum Gasteiger partial charge on any atom is 0.105 e. The summed E-state index contributed by atoms with van der Waals surface area (Å²) in [5.74, 6) is 0. The van der Waals surface area contributed by atoms with Crippen LogP contribution in [-0.4, -0.2) is 20.8 Å². The van der Waals surface area contributed by atoms with Gasteiger partial charge in [0.05, 0.1) is 6.61 Å². The van der Waals surface area contributed by atoms with E-state index in [9.17, 15) is 0 Å². The summed E-state index contributed by atoms with van der Waals surface area (Å²) in [5, 5.41) is 0. The van der Waals surface area contributed by atoms with Crippen molar-refractivity contribution in [1.82, 2.24) is 0 Å². The molecule has 13 heavy (non-hydrogen) atoms. The van der Waals surface area contributed by atoms with Crippen molar-refractivity contribution in [1.29, 1.82) is 0 Å². The van der Waals surface area contributed by atoms with Gasteiger partial charge in [-0.25, -0.2) is 0 Å². The lowest BCUT2D eigenvalue weighted by molar-refractivity contribution is 0.0274. The van der Waals surface area contributed by atoms with Crippen LogP contribution in [0.25, 0.3) is 0 Å². The molecule has 1 atom stereocenters. The molecule has 0 saturated heterocycles. The highest BCUT2D eigenvalue weighted by molar-refractivity contribution is 9.10. The molecule has 0 radical (unpaired) electrons. The second-order valence-electron chi connectivity index (χ2n) is 2.73. The third-order valence-electron chi connectivity index (χ3n) is 1.82. The molecular formula is C10H13BrO2. The molecule has 1 aromatic rings. The predicted octanol–water partition coefficient (Wildman–Crippen LogP) is 2.78. The van der Waals surface area contributed by atoms with E-state index in [4.69, 9.17) is 9.47 Å². The largest absolute Gasteiger partial charge is 0.382 e. The van der Waals surface area contributed by atoms with Gasteiger partial charge < -0.3 is 9.47 Å². The van der Waals surface area contributed by atoms with Crippen molar-refractivity contribution in [3.05, 3.63) is 34.3 Å². The highest BCUT2D eigenvalue weighted by Gasteiger charge is 2.09. The second kappa shape index (κ2) is 5.37. The number of ether oxygens (including phenoxy) is 2. The Balaban J connectivity index is 2.78. The standard InChI is InChI=1S/C10H13BrO2/c1-12-7-10(13-2)8-4-3-5-9(11)6-8/h3-6,10H,7H2,1-2H3. The van der Waals surface area contributed by atoms with Gasteiger partial charge in [0.25, 0.3) is 0 Å². The van der Waals surface area contributed by atoms with E-state index in [0.717, 1.165) is 10.0 Å². The van der Waals surface area contributed by atoms with Crippen LogP contribution in [0.4, 0.5) is 0 Å². The van der Waals surface area contributed by atoms with Crippen molar-refractivity contribution in [2.45, 2.75) is 6.10 Å². The fourth-order valence-electron chi connectivity index (χ4n) is 1.16. The van der Waals surface area contributed by atoms with E-state index >= 15 is 0 Å². The Hall–Kier alpha value is -0.380. The van der Waals surface area contributed by atoms with Gasteiger partial charge in [-0.05, 0) is 17.7 Å². The number of benzene rings is 1. The van der Waals surface area contributed by atoms with Crippen LogP contribution in [0.1, 0.15) is 11.7 Å². The number of halogens is 1. The van der Waals surface area contributed by atoms with Gasteiger partial charge in [0.15, 0.2) is 0 Å². The lowest BCUT2D eigenvalue weighted by Gasteiger charge is -2.14. The summed E-state index contributed by atoms with van der Waals surface area (Å²) in [4.78, 5) is 0. The van der Waals surface area contributed by atoms with Crippen molar-refractivity contribution in [2.24, 2.45) is 0 Å². The summed E-state index contributed by atoms with van der Waals surface area (Å²) >= 11 is 3.41. The van der Waals surface area contributed by atoms with E-state index in [0.29, 0.717) is 6.61 Å². The van der Waals surface area contributed by atoms with Crippen molar-refractivity contribution >= 4 is 15.9 Å². The fourth-order valence-corrected chi connectivity index (χ4v) is 1.58. The molecule has 72 valence electrons. The van der Waals surface area contributed by atoms with Crippen molar-refractivity contribution < 1.29 is 9.47 Å². The maximum absolute atomic E-state index is 5.29. The Morgan fingerprint density at radius 2 is 2.15 bits per heavy atom. The normalized spacial score (nSPS) is 12.8. The first-order chi connectivity index (χ1) is 6.27. The topological polar surface area (TPSA) is 18.5 Å². The molecule has 0 fully saturated rings. The van der Waals surface area contributed by atoms with Crippen LogP contribution in [0, 0.1) is 0 Å². The molecule has 1 rings (SSSR count). The average molecular weight is 245 g/mol. The smallest absolute Gasteiger partial charge is 0.105 e. The van der Waals surface area contributed by atoms with Gasteiger partial charge in [-0.2, -0.15) is 0 Å². The van der Waals surface area contributed by atoms with Crippen LogP contribution in [0.5, 0.6) is 0 Å². The number of hydrogen-bond acceptors (Lipinski definition) is 2. The summed E-state index contributed by atoms with van der Waals surface area (Å²) in [5.41, 5.74) is 1.12. The molecule has 1 aromatic carbocycles. The Kier molecular flexibility index (Phi) is 4.42. The zero-order chi connectivity index (χ0) is 9.68. The van der Waals surface area contributed by atoms with E-state index in [1.807, 2.05) is 24.3 Å². The minimum Gasteiger partial charge on any atom is -0.382 e. The minimum absolute atomic E-state index is 0.0162. The van der Waals surface area contributed by atoms with E-state index in [1.165, 1.54) is 0 Å². The van der Waals surface area contributed by atoms with E-state index in [2.05, 4.69) is 15.9 Å². The van der Waals surface area contributed by atoms with Crippen LogP contribution in [0.3, 0.4) is 0 Å². The Labute approximate surface area is 87.0 Å². The third-order valence-corrected chi connectivity index (χ3v) is 2.32. The Bertz CT molecular complexity index is 263. The first kappa shape index (κ1) is 10.7. The van der Waals surface area contributed by atoms with Crippen LogP contribution in [-0.2, 0) is 9.47 Å². The molecule has 0 N–H and O–H groups in total. The molecule has 0 aromatic heterocycles. The quantitative estimate of drug-likeness (QED) is 0.812. The summed E-state index contributed by atoms with van der Waals surface area (Å²) in [6, 6.07) is 8.04. The Morgan fingerprint density at radius 1 is 1.38 bits per heavy atom. The van der Waals surface area contributed by atoms with Crippen molar-refractivity contribution in [3.63, 3.8) is 0 Å². The molecular weight excluding hydrogens is 232 g/mol. The first-order valence-corrected chi connectivity index (χ1v) is 4.84. The summed E-state index contributed by atoms with van der Waals surface area (Å²) in [6.45, 7) is 0.576. The molecule has 0 spiro atoms. The zero-order valence-electron chi connectivity index (χ0n) is 7.79. The van der Waals surface area contributed by atoms with Crippen molar-refractivity contribution in [2.75, 3.05) is 20.8 Å². The highest BCUT2D eigenvalue weighted by atomic mass is 79.9. The third kappa shape index (κ3) is 3.10. The molecule has 0 aliphatic rings. The van der Waals surface area contributed by atoms with Gasteiger partial charge in [0.1, 0.15) is 6.10 Å². The number of methoxy groups -OCH3 is 2. The van der Waals surface area contributed by atoms with Crippen LogP contribution in [0.15, 0.2) is 28.7 Å². The molecule has 0 aliphatic heterocycles. The van der Waals surface area contributed by atoms with E-state index in [1.54, 1.807) is 14.2 Å². The van der Waals surface area contributed by atoms with Crippen molar-refractivity contribution in [3.8, 4) is 0 Å². The zero-order valence-corrected chi connectivity index (χ0v) is 9.37. The average Bonchev–Trinajstić information content (AvgIpc) is 2.14. The molecule has 2 nitrogen and oxygen atoms in total. The predicted molar refractivity (Wildman–Crippen MR) is 55.8 cm³/mol.